The molecule has 2 aliphatic rings. The highest BCUT2D eigenvalue weighted by atomic mass is 79.9. The van der Waals surface area contributed by atoms with E-state index in [1.165, 1.54) is 50.7 Å². The first kappa shape index (κ1) is 22.1. The molecule has 0 N–H and O–H groups in total. The summed E-state index contributed by atoms with van der Waals surface area (Å²) < 4.78 is 1.22. The summed E-state index contributed by atoms with van der Waals surface area (Å²) in [4.78, 5) is 0. The van der Waals surface area contributed by atoms with Crippen LogP contribution in [-0.2, 0) is 21.7 Å². The predicted octanol–water partition coefficient (Wildman–Crippen LogP) is 9.06. The van der Waals surface area contributed by atoms with Crippen LogP contribution in [0.2, 0.25) is 0 Å². The summed E-state index contributed by atoms with van der Waals surface area (Å²) in [6.45, 7) is 24.2. The molecule has 0 fully saturated rings. The number of halogens is 1. The molecule has 2 aromatic rings. The van der Waals surface area contributed by atoms with Gasteiger partial charge in [-0.05, 0) is 85.4 Å². The van der Waals surface area contributed by atoms with Crippen LogP contribution >= 0.6 is 15.9 Å². The van der Waals surface area contributed by atoms with Gasteiger partial charge in [-0.25, -0.2) is 0 Å². The van der Waals surface area contributed by atoms with Crippen molar-refractivity contribution in [2.24, 2.45) is 5.41 Å². The van der Waals surface area contributed by atoms with Gasteiger partial charge in [-0.2, -0.15) is 0 Å². The molecule has 0 amide bonds. The van der Waals surface area contributed by atoms with Crippen molar-refractivity contribution in [3.8, 4) is 11.1 Å². The zero-order valence-electron chi connectivity index (χ0n) is 20.7. The summed E-state index contributed by atoms with van der Waals surface area (Å²) in [7, 11) is 0. The molecule has 4 rings (SSSR count). The van der Waals surface area contributed by atoms with Crippen LogP contribution in [0.3, 0.4) is 0 Å². The summed E-state index contributed by atoms with van der Waals surface area (Å²) in [5.74, 6) is 0. The van der Waals surface area contributed by atoms with Crippen molar-refractivity contribution in [2.75, 3.05) is 0 Å². The van der Waals surface area contributed by atoms with Crippen molar-refractivity contribution in [1.82, 2.24) is 0 Å². The van der Waals surface area contributed by atoms with Crippen molar-refractivity contribution in [1.29, 1.82) is 0 Å². The monoisotopic (exact) mass is 466 g/mol. The van der Waals surface area contributed by atoms with Gasteiger partial charge in [0.1, 0.15) is 0 Å². The number of fused-ring (bicyclic) bond motifs is 2. The quantitative estimate of drug-likeness (QED) is 0.392. The third kappa shape index (κ3) is 2.76. The summed E-state index contributed by atoms with van der Waals surface area (Å²) in [5.41, 5.74) is 9.66. The Kier molecular flexibility index (Phi) is 4.61. The zero-order chi connectivity index (χ0) is 22.5. The van der Waals surface area contributed by atoms with Gasteiger partial charge in [0.05, 0.1) is 0 Å². The molecule has 0 atom stereocenters. The van der Waals surface area contributed by atoms with E-state index in [1.807, 2.05) is 0 Å². The van der Waals surface area contributed by atoms with Crippen LogP contribution < -0.4 is 0 Å². The van der Waals surface area contributed by atoms with Crippen molar-refractivity contribution in [3.63, 3.8) is 0 Å². The number of benzene rings is 2. The fraction of sp³-hybridized carbons (Fsp3) is 0.586. The van der Waals surface area contributed by atoms with Gasteiger partial charge in [-0.1, -0.05) is 103 Å². The molecule has 2 aliphatic carbocycles. The lowest BCUT2D eigenvalue weighted by Gasteiger charge is -2.44. The van der Waals surface area contributed by atoms with Gasteiger partial charge in [0.15, 0.2) is 0 Å². The summed E-state index contributed by atoms with van der Waals surface area (Å²) in [6, 6.07) is 12.1. The van der Waals surface area contributed by atoms with Crippen LogP contribution in [0, 0.1) is 5.41 Å². The second-order valence-electron chi connectivity index (χ2n) is 12.8. The molecule has 0 nitrogen and oxygen atoms in total. The highest BCUT2D eigenvalue weighted by Crippen LogP contribution is 2.62. The minimum Gasteiger partial charge on any atom is -0.0582 e. The minimum atomic E-state index is 0.122. The van der Waals surface area contributed by atoms with Gasteiger partial charge < -0.3 is 0 Å². The summed E-state index contributed by atoms with van der Waals surface area (Å²) >= 11 is 3.96. The van der Waals surface area contributed by atoms with E-state index < -0.39 is 0 Å². The number of rotatable bonds is 1. The number of hydrogen-bond acceptors (Lipinski definition) is 0. The lowest BCUT2D eigenvalue weighted by molar-refractivity contribution is 0.125. The molecule has 0 bridgehead atoms. The van der Waals surface area contributed by atoms with Crippen LogP contribution in [0.5, 0.6) is 0 Å². The average Bonchev–Trinajstić information content (AvgIpc) is 2.73. The molecule has 0 radical (unpaired) electrons. The highest BCUT2D eigenvalue weighted by molar-refractivity contribution is 9.10. The molecule has 0 spiro atoms. The van der Waals surface area contributed by atoms with E-state index in [9.17, 15) is 0 Å². The Morgan fingerprint density at radius 3 is 1.67 bits per heavy atom. The Balaban J connectivity index is 1.93. The summed E-state index contributed by atoms with van der Waals surface area (Å²) in [6.07, 6.45) is 2.50. The normalized spacial score (nSPS) is 24.2. The first-order chi connectivity index (χ1) is 13.5. The van der Waals surface area contributed by atoms with E-state index in [0.717, 1.165) is 0 Å². The Bertz CT molecular complexity index is 1030. The topological polar surface area (TPSA) is 0 Å². The molecule has 0 aliphatic heterocycles. The predicted molar refractivity (Wildman–Crippen MR) is 135 cm³/mol. The van der Waals surface area contributed by atoms with Gasteiger partial charge in [0, 0.05) is 4.47 Å². The number of hydrogen-bond donors (Lipinski definition) is 0. The molecule has 0 unspecified atom stereocenters. The second kappa shape index (κ2) is 6.25. The smallest absolute Gasteiger partial charge is 0.0256 e. The van der Waals surface area contributed by atoms with Crippen LogP contribution in [0.25, 0.3) is 11.1 Å². The Morgan fingerprint density at radius 2 is 1.10 bits per heavy atom. The van der Waals surface area contributed by atoms with Gasteiger partial charge in [0.25, 0.3) is 0 Å². The van der Waals surface area contributed by atoms with E-state index in [0.29, 0.717) is 0 Å². The van der Waals surface area contributed by atoms with Crippen LogP contribution in [0.15, 0.2) is 34.8 Å². The van der Waals surface area contributed by atoms with Gasteiger partial charge in [-0.15, -0.1) is 0 Å². The lowest BCUT2D eigenvalue weighted by atomic mass is 9.59. The van der Waals surface area contributed by atoms with Crippen LogP contribution in [0.1, 0.15) is 104 Å². The molecule has 162 valence electrons. The second-order valence-corrected chi connectivity index (χ2v) is 13.6. The molecule has 0 saturated carbocycles. The van der Waals surface area contributed by atoms with E-state index in [2.05, 4.69) is 115 Å². The molecule has 0 saturated heterocycles. The Morgan fingerprint density at radius 1 is 0.600 bits per heavy atom. The van der Waals surface area contributed by atoms with E-state index in [1.54, 1.807) is 0 Å². The first-order valence-corrected chi connectivity index (χ1v) is 12.3. The Hall–Kier alpha value is -1.08. The maximum absolute atomic E-state index is 3.96. The lowest BCUT2D eigenvalue weighted by Crippen LogP contribution is -2.42. The minimum absolute atomic E-state index is 0.122. The van der Waals surface area contributed by atoms with E-state index in [-0.39, 0.29) is 27.1 Å². The summed E-state index contributed by atoms with van der Waals surface area (Å²) in [5, 5.41) is 0. The van der Waals surface area contributed by atoms with E-state index >= 15 is 0 Å². The van der Waals surface area contributed by atoms with Gasteiger partial charge in [-0.3, -0.25) is 0 Å². The largest absolute Gasteiger partial charge is 0.0582 e. The average molecular weight is 468 g/mol. The van der Waals surface area contributed by atoms with Crippen molar-refractivity contribution in [2.45, 2.75) is 104 Å². The molecule has 2 aromatic carbocycles. The third-order valence-corrected chi connectivity index (χ3v) is 10.4. The standard InChI is InChI=1S/C29H39Br/c1-25(2)13-14-26(3,4)21-15-18(11-12-20(21)25)19-16-22-23(17-24(19)30)28(7,8)29(9,10)27(22,5)6/h11-12,15-17H,13-14H2,1-10H3. The first-order valence-electron chi connectivity index (χ1n) is 11.5. The highest BCUT2D eigenvalue weighted by Gasteiger charge is 2.57. The molecule has 1 heteroatoms. The molecule has 30 heavy (non-hydrogen) atoms. The van der Waals surface area contributed by atoms with Crippen molar-refractivity contribution >= 4 is 15.9 Å². The SMILES string of the molecule is CC1(C)CCC(C)(C)c2cc(-c3cc4c(cc3Br)C(C)(C)C(C)(C)C4(C)C)ccc21. The molecule has 0 heterocycles. The van der Waals surface area contributed by atoms with Gasteiger partial charge in [0.2, 0.25) is 0 Å². The van der Waals surface area contributed by atoms with Crippen LogP contribution in [0.4, 0.5) is 0 Å². The molecular formula is C29H39Br. The third-order valence-electron chi connectivity index (χ3n) is 9.74. The zero-order valence-corrected chi connectivity index (χ0v) is 22.3. The fourth-order valence-electron chi connectivity index (χ4n) is 6.04. The maximum Gasteiger partial charge on any atom is 0.0256 e. The van der Waals surface area contributed by atoms with Gasteiger partial charge >= 0.3 is 0 Å². The van der Waals surface area contributed by atoms with E-state index in [4.69, 9.17) is 0 Å². The van der Waals surface area contributed by atoms with Crippen LogP contribution in [-0.4, -0.2) is 0 Å². The fourth-order valence-corrected chi connectivity index (χ4v) is 6.61. The molecule has 0 aromatic heterocycles. The maximum atomic E-state index is 3.96. The van der Waals surface area contributed by atoms with Crippen molar-refractivity contribution in [3.05, 3.63) is 57.1 Å². The Labute approximate surface area is 193 Å². The molecular weight excluding hydrogens is 428 g/mol. The van der Waals surface area contributed by atoms with Crippen molar-refractivity contribution < 1.29 is 0 Å².